The lowest BCUT2D eigenvalue weighted by atomic mass is 9.95. The topological polar surface area (TPSA) is 73.9 Å². The Morgan fingerprint density at radius 2 is 2.00 bits per heavy atom. The van der Waals surface area contributed by atoms with Crippen molar-refractivity contribution >= 4 is 18.0 Å². The Balaban J connectivity index is 1.89. The van der Waals surface area contributed by atoms with E-state index in [-0.39, 0.29) is 29.0 Å². The molecule has 0 unspecified atom stereocenters. The second-order valence-electron chi connectivity index (χ2n) is 6.10. The molecule has 1 aliphatic carbocycles. The molecule has 1 saturated carbocycles. The molecule has 1 fully saturated rings. The monoisotopic (exact) mass is 383 g/mol. The second-order valence-corrected chi connectivity index (χ2v) is 6.10. The van der Waals surface area contributed by atoms with Crippen molar-refractivity contribution in [2.45, 2.75) is 44.8 Å². The standard InChI is InChI=1S/C19H23F2NO5/c1-25-15-9-5-6-13(18(15)27-19(20)21)10-11-17(24)26-12-16(23)22-14-7-3-2-4-8-14/h5-6,9-11,14,19H,2-4,7-8,12H2,1H3,(H,22,23)/b11-10+. The van der Waals surface area contributed by atoms with Crippen LogP contribution < -0.4 is 14.8 Å². The molecule has 0 aliphatic heterocycles. The summed E-state index contributed by atoms with van der Waals surface area (Å²) < 4.78 is 39.5. The largest absolute Gasteiger partial charge is 0.493 e. The van der Waals surface area contributed by atoms with Gasteiger partial charge in [-0.25, -0.2) is 4.79 Å². The van der Waals surface area contributed by atoms with Crippen molar-refractivity contribution in [1.82, 2.24) is 5.32 Å². The number of carbonyl (C=O) groups excluding carboxylic acids is 2. The van der Waals surface area contributed by atoms with Gasteiger partial charge in [-0.2, -0.15) is 8.78 Å². The minimum absolute atomic E-state index is 0.109. The van der Waals surface area contributed by atoms with Crippen molar-refractivity contribution in [3.05, 3.63) is 29.8 Å². The molecule has 148 valence electrons. The van der Waals surface area contributed by atoms with Crippen LogP contribution in [0.4, 0.5) is 8.78 Å². The molecular formula is C19H23F2NO5. The molecule has 0 bridgehead atoms. The summed E-state index contributed by atoms with van der Waals surface area (Å²) in [7, 11) is 1.32. The van der Waals surface area contributed by atoms with Gasteiger partial charge in [0, 0.05) is 17.7 Å². The zero-order chi connectivity index (χ0) is 19.6. The maximum Gasteiger partial charge on any atom is 0.387 e. The van der Waals surface area contributed by atoms with Gasteiger partial charge in [-0.05, 0) is 25.0 Å². The molecule has 2 rings (SSSR count). The number of esters is 1. The summed E-state index contributed by atoms with van der Waals surface area (Å²) >= 11 is 0. The molecule has 0 spiro atoms. The zero-order valence-electron chi connectivity index (χ0n) is 15.1. The van der Waals surface area contributed by atoms with E-state index in [2.05, 4.69) is 10.1 Å². The highest BCUT2D eigenvalue weighted by molar-refractivity contribution is 5.89. The average molecular weight is 383 g/mol. The summed E-state index contributed by atoms with van der Waals surface area (Å²) in [5.74, 6) is -1.20. The van der Waals surface area contributed by atoms with Crippen LogP contribution in [-0.2, 0) is 14.3 Å². The first kappa shape index (κ1) is 20.7. The highest BCUT2D eigenvalue weighted by Crippen LogP contribution is 2.33. The molecular weight excluding hydrogens is 360 g/mol. The van der Waals surface area contributed by atoms with E-state index >= 15 is 0 Å². The van der Waals surface area contributed by atoms with Gasteiger partial charge in [0.25, 0.3) is 5.91 Å². The number of para-hydroxylation sites is 1. The van der Waals surface area contributed by atoms with E-state index in [1.165, 1.54) is 31.7 Å². The first-order valence-corrected chi connectivity index (χ1v) is 8.75. The Bertz CT molecular complexity index is 672. The molecule has 1 aromatic carbocycles. The number of rotatable bonds is 8. The van der Waals surface area contributed by atoms with Crippen LogP contribution in [0.25, 0.3) is 6.08 Å². The fraction of sp³-hybridized carbons (Fsp3) is 0.474. The summed E-state index contributed by atoms with van der Waals surface area (Å²) in [6, 6.07) is 4.65. The van der Waals surface area contributed by atoms with Crippen molar-refractivity contribution in [3.63, 3.8) is 0 Å². The number of methoxy groups -OCH3 is 1. The third-order valence-electron chi connectivity index (χ3n) is 4.15. The number of amides is 1. The minimum Gasteiger partial charge on any atom is -0.493 e. The lowest BCUT2D eigenvalue weighted by Crippen LogP contribution is -2.38. The van der Waals surface area contributed by atoms with E-state index in [9.17, 15) is 18.4 Å². The summed E-state index contributed by atoms with van der Waals surface area (Å²) in [6.07, 6.45) is 7.51. The molecule has 8 heteroatoms. The van der Waals surface area contributed by atoms with Gasteiger partial charge >= 0.3 is 12.6 Å². The van der Waals surface area contributed by atoms with E-state index in [1.807, 2.05) is 0 Å². The summed E-state index contributed by atoms with van der Waals surface area (Å²) in [4.78, 5) is 23.6. The average Bonchev–Trinajstić information content (AvgIpc) is 2.66. The predicted molar refractivity (Wildman–Crippen MR) is 94.6 cm³/mol. The van der Waals surface area contributed by atoms with Gasteiger partial charge in [-0.1, -0.05) is 31.4 Å². The quantitative estimate of drug-likeness (QED) is 0.551. The molecule has 1 aliphatic rings. The van der Waals surface area contributed by atoms with Crippen molar-refractivity contribution in [3.8, 4) is 11.5 Å². The van der Waals surface area contributed by atoms with Gasteiger partial charge in [-0.15, -0.1) is 0 Å². The van der Waals surface area contributed by atoms with E-state index in [4.69, 9.17) is 9.47 Å². The summed E-state index contributed by atoms with van der Waals surface area (Å²) in [6.45, 7) is -3.43. The van der Waals surface area contributed by atoms with E-state index in [0.717, 1.165) is 31.8 Å². The van der Waals surface area contributed by atoms with E-state index in [1.54, 1.807) is 6.07 Å². The normalized spacial score (nSPS) is 15.0. The number of halogens is 2. The van der Waals surface area contributed by atoms with Gasteiger partial charge < -0.3 is 19.5 Å². The molecule has 0 heterocycles. The Morgan fingerprint density at radius 3 is 2.67 bits per heavy atom. The number of benzene rings is 1. The van der Waals surface area contributed by atoms with Crippen LogP contribution in [0.3, 0.4) is 0 Å². The number of alkyl halides is 2. The number of carbonyl (C=O) groups is 2. The molecule has 6 nitrogen and oxygen atoms in total. The third-order valence-corrected chi connectivity index (χ3v) is 4.15. The van der Waals surface area contributed by atoms with Crippen molar-refractivity contribution < 1.29 is 32.6 Å². The molecule has 27 heavy (non-hydrogen) atoms. The maximum atomic E-state index is 12.6. The SMILES string of the molecule is COc1cccc(/C=C/C(=O)OCC(=O)NC2CCCCC2)c1OC(F)F. The lowest BCUT2D eigenvalue weighted by molar-refractivity contribution is -0.144. The lowest BCUT2D eigenvalue weighted by Gasteiger charge is -2.22. The summed E-state index contributed by atoms with van der Waals surface area (Å²) in [5, 5.41) is 2.83. The predicted octanol–water partition coefficient (Wildman–Crippen LogP) is 3.30. The number of hydrogen-bond acceptors (Lipinski definition) is 5. The van der Waals surface area contributed by atoms with Gasteiger partial charge in [0.05, 0.1) is 7.11 Å². The van der Waals surface area contributed by atoms with Crippen LogP contribution in [0.15, 0.2) is 24.3 Å². The fourth-order valence-corrected chi connectivity index (χ4v) is 2.90. The Morgan fingerprint density at radius 1 is 1.26 bits per heavy atom. The van der Waals surface area contributed by atoms with E-state index < -0.39 is 19.2 Å². The molecule has 1 amide bonds. The fourth-order valence-electron chi connectivity index (χ4n) is 2.90. The van der Waals surface area contributed by atoms with Crippen LogP contribution in [0.1, 0.15) is 37.7 Å². The van der Waals surface area contributed by atoms with E-state index in [0.29, 0.717) is 0 Å². The number of nitrogens with one attached hydrogen (secondary N) is 1. The molecule has 1 aromatic rings. The van der Waals surface area contributed by atoms with Crippen LogP contribution in [0.5, 0.6) is 11.5 Å². The Kier molecular flexibility index (Phi) is 8.03. The van der Waals surface area contributed by atoms with Crippen molar-refractivity contribution in [2.24, 2.45) is 0 Å². The van der Waals surface area contributed by atoms with Crippen LogP contribution >= 0.6 is 0 Å². The van der Waals surface area contributed by atoms with Gasteiger partial charge in [0.2, 0.25) is 0 Å². The number of ether oxygens (including phenoxy) is 3. The van der Waals surface area contributed by atoms with Gasteiger partial charge in [0.1, 0.15) is 0 Å². The molecule has 0 atom stereocenters. The molecule has 0 radical (unpaired) electrons. The highest BCUT2D eigenvalue weighted by Gasteiger charge is 2.17. The summed E-state index contributed by atoms with van der Waals surface area (Å²) in [5.41, 5.74) is 0.221. The van der Waals surface area contributed by atoms with Crippen LogP contribution in [0.2, 0.25) is 0 Å². The molecule has 0 aromatic heterocycles. The minimum atomic E-state index is -3.04. The molecule has 1 N–H and O–H groups in total. The zero-order valence-corrected chi connectivity index (χ0v) is 15.1. The molecule has 0 saturated heterocycles. The van der Waals surface area contributed by atoms with Crippen LogP contribution in [0, 0.1) is 0 Å². The second kappa shape index (κ2) is 10.5. The van der Waals surface area contributed by atoms with Gasteiger partial charge in [-0.3, -0.25) is 4.79 Å². The first-order chi connectivity index (χ1) is 13.0. The van der Waals surface area contributed by atoms with Crippen molar-refractivity contribution in [2.75, 3.05) is 13.7 Å². The van der Waals surface area contributed by atoms with Gasteiger partial charge in [0.15, 0.2) is 18.1 Å². The van der Waals surface area contributed by atoms with Crippen LogP contribution in [-0.4, -0.2) is 38.2 Å². The Hall–Kier alpha value is -2.64. The number of hydrogen-bond donors (Lipinski definition) is 1. The Labute approximate surface area is 156 Å². The van der Waals surface area contributed by atoms with Crippen molar-refractivity contribution in [1.29, 1.82) is 0 Å². The first-order valence-electron chi connectivity index (χ1n) is 8.75. The smallest absolute Gasteiger partial charge is 0.387 e. The highest BCUT2D eigenvalue weighted by atomic mass is 19.3. The maximum absolute atomic E-state index is 12.6. The third kappa shape index (κ3) is 6.88.